The van der Waals surface area contributed by atoms with Crippen molar-refractivity contribution in [3.8, 4) is 11.5 Å². The smallest absolute Gasteiger partial charge is 0.162 e. The summed E-state index contributed by atoms with van der Waals surface area (Å²) in [6.45, 7) is 0. The maximum absolute atomic E-state index is 6.22. The van der Waals surface area contributed by atoms with E-state index in [2.05, 4.69) is 17.6 Å². The van der Waals surface area contributed by atoms with E-state index >= 15 is 0 Å². The highest BCUT2D eigenvalue weighted by atomic mass is 16.7. The number of fused-ring (bicyclic) bond motifs is 1. The molecule has 1 N–H and O–H groups in total. The Morgan fingerprint density at radius 3 is 2.70 bits per heavy atom. The van der Waals surface area contributed by atoms with Gasteiger partial charge in [-0.3, -0.25) is 10.3 Å². The van der Waals surface area contributed by atoms with Gasteiger partial charge in [0, 0.05) is 5.56 Å². The predicted octanol–water partition coefficient (Wildman–Crippen LogP) is 4.21. The lowest BCUT2D eigenvalue weighted by Crippen LogP contribution is -2.16. The first-order valence-corrected chi connectivity index (χ1v) is 8.85. The molecule has 1 aliphatic heterocycles. The van der Waals surface area contributed by atoms with Crippen molar-refractivity contribution >= 4 is 5.70 Å². The molecule has 1 unspecified atom stereocenters. The Balaban J connectivity index is 1.64. The molecule has 0 spiro atoms. The van der Waals surface area contributed by atoms with Gasteiger partial charge in [0.25, 0.3) is 0 Å². The first-order valence-electron chi connectivity index (χ1n) is 8.85. The number of nitrogens with one attached hydrogen (secondary N) is 1. The lowest BCUT2D eigenvalue weighted by Gasteiger charge is -2.19. The largest absolute Gasteiger partial charge is 0.493 e. The molecule has 4 nitrogen and oxygen atoms in total. The summed E-state index contributed by atoms with van der Waals surface area (Å²) in [5.74, 6) is 1.66. The number of rotatable bonds is 4. The average molecular weight is 315 g/mol. The van der Waals surface area contributed by atoms with Crippen molar-refractivity contribution in [3.05, 3.63) is 29.3 Å². The average Bonchev–Trinajstić information content (AvgIpc) is 3.24. The Labute approximate surface area is 137 Å². The molecule has 1 atom stereocenters. The Kier molecular flexibility index (Phi) is 4.17. The van der Waals surface area contributed by atoms with E-state index in [9.17, 15) is 0 Å². The van der Waals surface area contributed by atoms with Crippen molar-refractivity contribution in [1.82, 2.24) is 5.48 Å². The number of ether oxygens (including phenoxy) is 2. The molecule has 4 rings (SSSR count). The normalized spacial score (nSPS) is 24.5. The quantitative estimate of drug-likeness (QED) is 0.903. The van der Waals surface area contributed by atoms with Crippen LogP contribution in [0, 0.1) is 0 Å². The molecule has 0 amide bonds. The van der Waals surface area contributed by atoms with Gasteiger partial charge < -0.3 is 9.47 Å². The minimum atomic E-state index is 0.250. The van der Waals surface area contributed by atoms with E-state index < -0.39 is 0 Å². The van der Waals surface area contributed by atoms with Crippen molar-refractivity contribution < 1.29 is 14.3 Å². The number of hydroxylamine groups is 1. The highest BCUT2D eigenvalue weighted by molar-refractivity contribution is 5.71. The van der Waals surface area contributed by atoms with Gasteiger partial charge in [-0.15, -0.1) is 0 Å². The van der Waals surface area contributed by atoms with Crippen molar-refractivity contribution in [1.29, 1.82) is 0 Å². The van der Waals surface area contributed by atoms with Crippen LogP contribution in [0.15, 0.2) is 23.8 Å². The van der Waals surface area contributed by atoms with E-state index in [-0.39, 0.29) is 6.10 Å². The first-order chi connectivity index (χ1) is 11.3. The molecule has 0 radical (unpaired) electrons. The fraction of sp³-hybridized carbons (Fsp3) is 0.579. The molecule has 0 bridgehead atoms. The van der Waals surface area contributed by atoms with Crippen LogP contribution in [0.5, 0.6) is 11.5 Å². The summed E-state index contributed by atoms with van der Waals surface area (Å²) in [7, 11) is 1.70. The van der Waals surface area contributed by atoms with Crippen LogP contribution in [0.1, 0.15) is 56.9 Å². The van der Waals surface area contributed by atoms with Crippen LogP contribution in [0.2, 0.25) is 0 Å². The molecular formula is C19H25NO3. The Bertz CT molecular complexity index is 605. The van der Waals surface area contributed by atoms with Crippen LogP contribution >= 0.6 is 0 Å². The van der Waals surface area contributed by atoms with Gasteiger partial charge in [0.2, 0.25) is 0 Å². The van der Waals surface area contributed by atoms with E-state index in [1.165, 1.54) is 31.3 Å². The highest BCUT2D eigenvalue weighted by Gasteiger charge is 2.30. The summed E-state index contributed by atoms with van der Waals surface area (Å²) in [5.41, 5.74) is 6.84. The van der Waals surface area contributed by atoms with Crippen molar-refractivity contribution in [3.63, 3.8) is 0 Å². The minimum Gasteiger partial charge on any atom is -0.493 e. The summed E-state index contributed by atoms with van der Waals surface area (Å²) in [6, 6.07) is 6.20. The van der Waals surface area contributed by atoms with Gasteiger partial charge >= 0.3 is 0 Å². The van der Waals surface area contributed by atoms with Gasteiger partial charge in [0.05, 0.1) is 18.9 Å². The van der Waals surface area contributed by atoms with Gasteiger partial charge in [-0.25, -0.2) is 0 Å². The third-order valence-corrected chi connectivity index (χ3v) is 5.22. The van der Waals surface area contributed by atoms with Gasteiger partial charge in [-0.05, 0) is 68.7 Å². The minimum absolute atomic E-state index is 0.250. The van der Waals surface area contributed by atoms with Crippen LogP contribution in [0.3, 0.4) is 0 Å². The fourth-order valence-electron chi connectivity index (χ4n) is 3.95. The number of methoxy groups -OCH3 is 1. The summed E-state index contributed by atoms with van der Waals surface area (Å²) in [6.07, 6.45) is 10.1. The summed E-state index contributed by atoms with van der Waals surface area (Å²) < 4.78 is 11.7. The van der Waals surface area contributed by atoms with Crippen LogP contribution in [0.25, 0.3) is 5.70 Å². The molecule has 1 aromatic rings. The van der Waals surface area contributed by atoms with E-state index in [0.717, 1.165) is 48.4 Å². The van der Waals surface area contributed by atoms with E-state index in [0.29, 0.717) is 6.10 Å². The molecule has 1 heterocycles. The zero-order chi connectivity index (χ0) is 15.6. The van der Waals surface area contributed by atoms with Crippen LogP contribution < -0.4 is 15.0 Å². The number of benzene rings is 1. The predicted molar refractivity (Wildman–Crippen MR) is 89.3 cm³/mol. The first kappa shape index (κ1) is 14.9. The molecule has 2 aliphatic carbocycles. The zero-order valence-electron chi connectivity index (χ0n) is 13.8. The number of hydrogen-bond acceptors (Lipinski definition) is 4. The Morgan fingerprint density at radius 1 is 1.04 bits per heavy atom. The van der Waals surface area contributed by atoms with Crippen molar-refractivity contribution in [2.75, 3.05) is 7.11 Å². The molecule has 124 valence electrons. The van der Waals surface area contributed by atoms with Crippen molar-refractivity contribution in [2.45, 2.75) is 63.6 Å². The molecule has 2 saturated carbocycles. The van der Waals surface area contributed by atoms with E-state index in [1.807, 2.05) is 6.07 Å². The molecule has 1 aromatic carbocycles. The molecular weight excluding hydrogens is 290 g/mol. The van der Waals surface area contributed by atoms with E-state index in [4.69, 9.17) is 14.3 Å². The second-order valence-corrected chi connectivity index (χ2v) is 6.74. The van der Waals surface area contributed by atoms with Crippen LogP contribution in [-0.2, 0) is 4.84 Å². The number of hydrogen-bond donors (Lipinski definition) is 1. The molecule has 23 heavy (non-hydrogen) atoms. The van der Waals surface area contributed by atoms with Crippen molar-refractivity contribution in [2.24, 2.45) is 0 Å². The SMILES string of the molecule is COc1ccc(C2=C3CCCCC3ON2)cc1OC1CCCC1. The van der Waals surface area contributed by atoms with Gasteiger partial charge in [-0.1, -0.05) is 6.42 Å². The molecule has 2 fully saturated rings. The summed E-state index contributed by atoms with van der Waals surface area (Å²) in [4.78, 5) is 5.76. The summed E-state index contributed by atoms with van der Waals surface area (Å²) in [5, 5.41) is 0. The maximum Gasteiger partial charge on any atom is 0.162 e. The van der Waals surface area contributed by atoms with Gasteiger partial charge in [0.1, 0.15) is 6.10 Å². The highest BCUT2D eigenvalue weighted by Crippen LogP contribution is 2.39. The lowest BCUT2D eigenvalue weighted by molar-refractivity contribution is 0.0346. The third kappa shape index (κ3) is 2.92. The summed E-state index contributed by atoms with van der Waals surface area (Å²) >= 11 is 0. The lowest BCUT2D eigenvalue weighted by atomic mass is 9.90. The second kappa shape index (κ2) is 6.44. The van der Waals surface area contributed by atoms with Gasteiger partial charge in [0.15, 0.2) is 11.5 Å². The Morgan fingerprint density at radius 2 is 1.87 bits per heavy atom. The molecule has 4 heteroatoms. The third-order valence-electron chi connectivity index (χ3n) is 5.22. The fourth-order valence-corrected chi connectivity index (χ4v) is 3.95. The van der Waals surface area contributed by atoms with Crippen LogP contribution in [0.4, 0.5) is 0 Å². The Hall–Kier alpha value is -1.68. The zero-order valence-corrected chi connectivity index (χ0v) is 13.8. The molecule has 3 aliphatic rings. The topological polar surface area (TPSA) is 39.7 Å². The van der Waals surface area contributed by atoms with Gasteiger partial charge in [-0.2, -0.15) is 0 Å². The monoisotopic (exact) mass is 315 g/mol. The van der Waals surface area contributed by atoms with E-state index in [1.54, 1.807) is 7.11 Å². The second-order valence-electron chi connectivity index (χ2n) is 6.74. The molecule has 0 saturated heterocycles. The molecule has 0 aromatic heterocycles. The maximum atomic E-state index is 6.22. The van der Waals surface area contributed by atoms with Crippen LogP contribution in [-0.4, -0.2) is 19.3 Å². The standard InChI is InChI=1S/C19H25NO3/c1-21-17-11-10-13(12-18(17)22-14-6-2-3-7-14)19-15-8-4-5-9-16(15)23-20-19/h10-12,14,16,20H,2-9H2,1H3.